The van der Waals surface area contributed by atoms with E-state index < -0.39 is 12.6 Å². The molecule has 0 saturated carbocycles. The summed E-state index contributed by atoms with van der Waals surface area (Å²) in [6.07, 6.45) is -3.86. The number of nitrogens with one attached hydrogen (secondary N) is 1. The van der Waals surface area contributed by atoms with Gasteiger partial charge in [-0.05, 0) is 40.7 Å². The fourth-order valence-electron chi connectivity index (χ4n) is 4.23. The number of alkyl halides is 3. The van der Waals surface area contributed by atoms with Crippen LogP contribution in [0.3, 0.4) is 0 Å². The lowest BCUT2D eigenvalue weighted by molar-refractivity contribution is -0.138. The summed E-state index contributed by atoms with van der Waals surface area (Å²) in [7, 11) is 0. The third-order valence-corrected chi connectivity index (χ3v) is 5.50. The molecular formula is C21H24ClF3N2. The van der Waals surface area contributed by atoms with Crippen LogP contribution >= 0.6 is 12.4 Å². The number of halogens is 4. The highest BCUT2D eigenvalue weighted by Crippen LogP contribution is 2.39. The van der Waals surface area contributed by atoms with Gasteiger partial charge in [0, 0.05) is 38.6 Å². The Balaban J connectivity index is 0.00000210. The first-order valence-corrected chi connectivity index (χ1v) is 9.24. The summed E-state index contributed by atoms with van der Waals surface area (Å²) in [5, 5.41) is 3.28. The largest absolute Gasteiger partial charge is 0.389 e. The van der Waals surface area contributed by atoms with E-state index in [1.807, 2.05) is 18.2 Å². The Hall–Kier alpha value is -1.56. The van der Waals surface area contributed by atoms with Gasteiger partial charge < -0.3 is 5.32 Å². The molecule has 1 saturated heterocycles. The Bertz CT molecular complexity index is 785. The summed E-state index contributed by atoms with van der Waals surface area (Å²) >= 11 is 0. The molecule has 1 heterocycles. The summed E-state index contributed by atoms with van der Waals surface area (Å²) in [6, 6.07) is 14.4. The first kappa shape index (κ1) is 20.2. The van der Waals surface area contributed by atoms with Gasteiger partial charge >= 0.3 is 6.18 Å². The van der Waals surface area contributed by atoms with E-state index in [0.29, 0.717) is 0 Å². The fourth-order valence-corrected chi connectivity index (χ4v) is 4.23. The van der Waals surface area contributed by atoms with E-state index in [9.17, 15) is 13.2 Å². The Morgan fingerprint density at radius 3 is 2.41 bits per heavy atom. The Labute approximate surface area is 164 Å². The zero-order chi connectivity index (χ0) is 18.1. The van der Waals surface area contributed by atoms with E-state index in [1.54, 1.807) is 0 Å². The van der Waals surface area contributed by atoms with Gasteiger partial charge in [-0.25, -0.2) is 0 Å². The van der Waals surface area contributed by atoms with Crippen molar-refractivity contribution in [2.75, 3.05) is 26.2 Å². The SMILES string of the molecule is Cl.FC(F)(F)CC[C@@H](c1ccc2c(c1)Cc1ccccc1-2)N1CCNCC1. The summed E-state index contributed by atoms with van der Waals surface area (Å²) < 4.78 is 38.6. The lowest BCUT2D eigenvalue weighted by Gasteiger charge is -2.35. The van der Waals surface area contributed by atoms with E-state index in [2.05, 4.69) is 34.5 Å². The molecule has 0 radical (unpaired) electrons. The maximum absolute atomic E-state index is 12.9. The van der Waals surface area contributed by atoms with Crippen LogP contribution in [-0.2, 0) is 6.42 Å². The lowest BCUT2D eigenvalue weighted by Crippen LogP contribution is -2.45. The number of piperazine rings is 1. The molecule has 0 amide bonds. The number of hydrogen-bond acceptors (Lipinski definition) is 2. The molecule has 2 nitrogen and oxygen atoms in total. The van der Waals surface area contributed by atoms with Crippen LogP contribution in [0.2, 0.25) is 0 Å². The molecule has 6 heteroatoms. The van der Waals surface area contributed by atoms with Gasteiger partial charge in [0.1, 0.15) is 0 Å². The number of rotatable bonds is 4. The zero-order valence-corrected chi connectivity index (χ0v) is 15.9. The Morgan fingerprint density at radius 1 is 0.963 bits per heavy atom. The molecule has 27 heavy (non-hydrogen) atoms. The summed E-state index contributed by atoms with van der Waals surface area (Å²) in [5.41, 5.74) is 6.02. The second kappa shape index (κ2) is 8.21. The molecule has 4 rings (SSSR count). The van der Waals surface area contributed by atoms with Gasteiger partial charge in [0.15, 0.2) is 0 Å². The zero-order valence-electron chi connectivity index (χ0n) is 15.1. The molecule has 0 spiro atoms. The monoisotopic (exact) mass is 396 g/mol. The highest BCUT2D eigenvalue weighted by molar-refractivity contribution is 5.85. The van der Waals surface area contributed by atoms with Gasteiger partial charge in [-0.3, -0.25) is 4.90 Å². The minimum absolute atomic E-state index is 0. The van der Waals surface area contributed by atoms with Crippen molar-refractivity contribution in [2.24, 2.45) is 0 Å². The average molecular weight is 397 g/mol. The Morgan fingerprint density at radius 2 is 1.67 bits per heavy atom. The van der Waals surface area contributed by atoms with E-state index in [4.69, 9.17) is 0 Å². The third kappa shape index (κ3) is 4.48. The molecule has 146 valence electrons. The standard InChI is InChI=1S/C21H23F3N2.ClH/c22-21(23,24)8-7-20(26-11-9-25-10-12-26)16-5-6-19-17(14-16)13-15-3-1-2-4-18(15)19;/h1-6,14,20,25H,7-13H2;1H/t20-;/m0./s1. The normalized spacial score (nSPS) is 17.7. The molecule has 0 bridgehead atoms. The molecule has 0 aromatic heterocycles. The number of nitrogens with zero attached hydrogens (tertiary/aromatic N) is 1. The quantitative estimate of drug-likeness (QED) is 0.670. The summed E-state index contributed by atoms with van der Waals surface area (Å²) in [5.74, 6) is 0. The van der Waals surface area contributed by atoms with Crippen LogP contribution in [0.1, 0.15) is 35.6 Å². The van der Waals surface area contributed by atoms with Gasteiger partial charge in [-0.1, -0.05) is 42.5 Å². The molecule has 2 aromatic rings. The minimum atomic E-state index is -4.11. The molecule has 1 aliphatic carbocycles. The van der Waals surface area contributed by atoms with E-state index in [0.717, 1.165) is 38.2 Å². The van der Waals surface area contributed by atoms with Crippen molar-refractivity contribution >= 4 is 12.4 Å². The first-order valence-electron chi connectivity index (χ1n) is 9.24. The second-order valence-corrected chi connectivity index (χ2v) is 7.21. The third-order valence-electron chi connectivity index (χ3n) is 5.50. The van der Waals surface area contributed by atoms with E-state index in [-0.39, 0.29) is 24.9 Å². The second-order valence-electron chi connectivity index (χ2n) is 7.21. The van der Waals surface area contributed by atoms with Crippen molar-refractivity contribution in [3.63, 3.8) is 0 Å². The smallest absolute Gasteiger partial charge is 0.314 e. The van der Waals surface area contributed by atoms with E-state index >= 15 is 0 Å². The molecule has 2 aliphatic rings. The summed E-state index contributed by atoms with van der Waals surface area (Å²) in [4.78, 5) is 2.20. The molecule has 1 fully saturated rings. The van der Waals surface area contributed by atoms with Crippen LogP contribution in [0, 0.1) is 0 Å². The van der Waals surface area contributed by atoms with Crippen LogP contribution < -0.4 is 5.32 Å². The molecule has 0 unspecified atom stereocenters. The van der Waals surface area contributed by atoms with Gasteiger partial charge in [-0.15, -0.1) is 12.4 Å². The van der Waals surface area contributed by atoms with Crippen molar-refractivity contribution in [3.8, 4) is 11.1 Å². The van der Waals surface area contributed by atoms with Crippen molar-refractivity contribution in [1.82, 2.24) is 10.2 Å². The predicted octanol–water partition coefficient (Wildman–Crippen LogP) is 4.97. The molecule has 1 N–H and O–H groups in total. The maximum atomic E-state index is 12.9. The van der Waals surface area contributed by atoms with Crippen molar-refractivity contribution in [3.05, 3.63) is 59.2 Å². The maximum Gasteiger partial charge on any atom is 0.389 e. The number of benzene rings is 2. The van der Waals surface area contributed by atoms with Crippen LogP contribution in [0.15, 0.2) is 42.5 Å². The van der Waals surface area contributed by atoms with Gasteiger partial charge in [-0.2, -0.15) is 13.2 Å². The van der Waals surface area contributed by atoms with Gasteiger partial charge in [0.05, 0.1) is 0 Å². The Kier molecular flexibility index (Phi) is 6.14. The van der Waals surface area contributed by atoms with Crippen LogP contribution in [0.25, 0.3) is 11.1 Å². The predicted molar refractivity (Wildman–Crippen MR) is 104 cm³/mol. The molecular weight excluding hydrogens is 373 g/mol. The minimum Gasteiger partial charge on any atom is -0.314 e. The highest BCUT2D eigenvalue weighted by atomic mass is 35.5. The van der Waals surface area contributed by atoms with Crippen LogP contribution in [0.5, 0.6) is 0 Å². The summed E-state index contributed by atoms with van der Waals surface area (Å²) in [6.45, 7) is 3.25. The van der Waals surface area contributed by atoms with Gasteiger partial charge in [0.25, 0.3) is 0 Å². The van der Waals surface area contributed by atoms with E-state index in [1.165, 1.54) is 22.3 Å². The number of fused-ring (bicyclic) bond motifs is 3. The first-order chi connectivity index (χ1) is 12.5. The van der Waals surface area contributed by atoms with Crippen LogP contribution in [0.4, 0.5) is 13.2 Å². The molecule has 2 aromatic carbocycles. The highest BCUT2D eigenvalue weighted by Gasteiger charge is 2.32. The molecule has 1 atom stereocenters. The van der Waals surface area contributed by atoms with Crippen molar-refractivity contribution in [1.29, 1.82) is 0 Å². The average Bonchev–Trinajstić information content (AvgIpc) is 3.00. The van der Waals surface area contributed by atoms with Crippen LogP contribution in [-0.4, -0.2) is 37.3 Å². The van der Waals surface area contributed by atoms with Crippen molar-refractivity contribution in [2.45, 2.75) is 31.5 Å². The van der Waals surface area contributed by atoms with Crippen molar-refractivity contribution < 1.29 is 13.2 Å². The lowest BCUT2D eigenvalue weighted by atomic mass is 9.95. The fraction of sp³-hybridized carbons (Fsp3) is 0.429. The topological polar surface area (TPSA) is 15.3 Å². The number of hydrogen-bond donors (Lipinski definition) is 1. The molecule has 1 aliphatic heterocycles. The van der Waals surface area contributed by atoms with Gasteiger partial charge in [0.2, 0.25) is 0 Å².